The van der Waals surface area contributed by atoms with Crippen molar-refractivity contribution < 1.29 is 18.4 Å². The van der Waals surface area contributed by atoms with E-state index in [-0.39, 0.29) is 17.6 Å². The van der Waals surface area contributed by atoms with Gasteiger partial charge < -0.3 is 19.5 Å². The SMILES string of the molecule is O=C(C=Cc1ccc(-c2cccc(Cl)c2Cl)o1)Nc1ccc(NC(=O)c2ccco2)cc1. The molecule has 2 aromatic heterocycles. The minimum absolute atomic E-state index is 0.214. The fourth-order valence-electron chi connectivity index (χ4n) is 2.86. The van der Waals surface area contributed by atoms with Crippen LogP contribution < -0.4 is 10.6 Å². The summed E-state index contributed by atoms with van der Waals surface area (Å²) in [5.41, 5.74) is 1.81. The minimum atomic E-state index is -0.355. The fraction of sp³-hybridized carbons (Fsp3) is 0. The Morgan fingerprint density at radius 1 is 0.844 bits per heavy atom. The Bertz CT molecular complexity index is 1280. The molecule has 2 N–H and O–H groups in total. The largest absolute Gasteiger partial charge is 0.459 e. The molecule has 160 valence electrons. The Labute approximate surface area is 193 Å². The van der Waals surface area contributed by atoms with Crippen LogP contribution in [0.25, 0.3) is 17.4 Å². The van der Waals surface area contributed by atoms with Crippen LogP contribution in [-0.2, 0) is 4.79 Å². The molecule has 0 fully saturated rings. The van der Waals surface area contributed by atoms with Crippen molar-refractivity contribution in [3.8, 4) is 11.3 Å². The number of nitrogens with one attached hydrogen (secondary N) is 2. The number of carbonyl (C=O) groups excluding carboxylic acids is 2. The van der Waals surface area contributed by atoms with Gasteiger partial charge in [-0.2, -0.15) is 0 Å². The zero-order valence-corrected chi connectivity index (χ0v) is 18.0. The van der Waals surface area contributed by atoms with E-state index in [0.717, 1.165) is 0 Å². The summed E-state index contributed by atoms with van der Waals surface area (Å²) in [5, 5.41) is 6.28. The van der Waals surface area contributed by atoms with Crippen molar-refractivity contribution in [2.75, 3.05) is 10.6 Å². The second kappa shape index (κ2) is 9.60. The molecule has 0 saturated carbocycles. The molecule has 0 unspecified atom stereocenters. The summed E-state index contributed by atoms with van der Waals surface area (Å²) in [4.78, 5) is 24.2. The van der Waals surface area contributed by atoms with Crippen LogP contribution >= 0.6 is 23.2 Å². The van der Waals surface area contributed by atoms with E-state index >= 15 is 0 Å². The minimum Gasteiger partial charge on any atom is -0.459 e. The van der Waals surface area contributed by atoms with E-state index in [2.05, 4.69) is 10.6 Å². The predicted molar refractivity (Wildman–Crippen MR) is 125 cm³/mol. The molecule has 4 aromatic rings. The Morgan fingerprint density at radius 2 is 1.59 bits per heavy atom. The molecular weight excluding hydrogens is 451 g/mol. The number of benzene rings is 2. The van der Waals surface area contributed by atoms with Gasteiger partial charge in [-0.05, 0) is 66.7 Å². The van der Waals surface area contributed by atoms with Crippen LogP contribution in [0.5, 0.6) is 0 Å². The normalized spacial score (nSPS) is 10.9. The predicted octanol–water partition coefficient (Wildman–Crippen LogP) is 6.75. The zero-order valence-electron chi connectivity index (χ0n) is 16.5. The monoisotopic (exact) mass is 466 g/mol. The van der Waals surface area contributed by atoms with E-state index in [1.54, 1.807) is 72.8 Å². The molecule has 4 rings (SSSR count). The molecule has 2 amide bonds. The average Bonchev–Trinajstić information content (AvgIpc) is 3.48. The molecular formula is C24H16Cl2N2O4. The van der Waals surface area contributed by atoms with Gasteiger partial charge in [0.25, 0.3) is 5.91 Å². The van der Waals surface area contributed by atoms with Crippen LogP contribution in [0.4, 0.5) is 11.4 Å². The lowest BCUT2D eigenvalue weighted by Gasteiger charge is -2.05. The van der Waals surface area contributed by atoms with Gasteiger partial charge in [0.2, 0.25) is 5.91 Å². The first-order valence-corrected chi connectivity index (χ1v) is 10.2. The quantitative estimate of drug-likeness (QED) is 0.307. The lowest BCUT2D eigenvalue weighted by molar-refractivity contribution is -0.111. The summed E-state index contributed by atoms with van der Waals surface area (Å²) in [6, 6.07) is 18.7. The maximum Gasteiger partial charge on any atom is 0.291 e. The first kappa shape index (κ1) is 21.5. The number of rotatable bonds is 6. The van der Waals surface area contributed by atoms with Crippen LogP contribution in [0.2, 0.25) is 10.0 Å². The first-order valence-electron chi connectivity index (χ1n) is 9.48. The highest BCUT2D eigenvalue weighted by atomic mass is 35.5. The third-order valence-corrected chi connectivity index (χ3v) is 5.22. The molecule has 32 heavy (non-hydrogen) atoms. The second-order valence-corrected chi connectivity index (χ2v) is 7.42. The van der Waals surface area contributed by atoms with Crippen LogP contribution in [0.3, 0.4) is 0 Å². The molecule has 6 nitrogen and oxygen atoms in total. The number of amides is 2. The zero-order chi connectivity index (χ0) is 22.5. The molecule has 0 atom stereocenters. The van der Waals surface area contributed by atoms with E-state index in [9.17, 15) is 9.59 Å². The fourth-order valence-corrected chi connectivity index (χ4v) is 3.25. The third kappa shape index (κ3) is 5.11. The van der Waals surface area contributed by atoms with Gasteiger partial charge in [0.05, 0.1) is 16.3 Å². The maximum absolute atomic E-state index is 12.2. The van der Waals surface area contributed by atoms with Crippen molar-refractivity contribution in [2.24, 2.45) is 0 Å². The summed E-state index contributed by atoms with van der Waals surface area (Å²) in [5.74, 6) is 0.556. The van der Waals surface area contributed by atoms with Crippen LogP contribution in [0.1, 0.15) is 16.3 Å². The van der Waals surface area contributed by atoms with Crippen molar-refractivity contribution in [1.82, 2.24) is 0 Å². The van der Waals surface area contributed by atoms with Crippen molar-refractivity contribution >= 4 is 52.5 Å². The second-order valence-electron chi connectivity index (χ2n) is 6.63. The number of furan rings is 2. The van der Waals surface area contributed by atoms with Gasteiger partial charge in [-0.1, -0.05) is 29.3 Å². The summed E-state index contributed by atoms with van der Waals surface area (Å²) < 4.78 is 10.8. The highest BCUT2D eigenvalue weighted by Crippen LogP contribution is 2.34. The van der Waals surface area contributed by atoms with Crippen molar-refractivity contribution in [3.63, 3.8) is 0 Å². The Kier molecular flexibility index (Phi) is 6.44. The number of halogens is 2. The van der Waals surface area contributed by atoms with E-state index in [1.165, 1.54) is 12.3 Å². The number of hydrogen-bond acceptors (Lipinski definition) is 4. The van der Waals surface area contributed by atoms with Gasteiger partial charge in [-0.25, -0.2) is 0 Å². The number of hydrogen-bond donors (Lipinski definition) is 2. The summed E-state index contributed by atoms with van der Waals surface area (Å²) in [6.07, 6.45) is 4.33. The van der Waals surface area contributed by atoms with E-state index < -0.39 is 0 Å². The molecule has 0 aliphatic rings. The van der Waals surface area contributed by atoms with Gasteiger partial charge >= 0.3 is 0 Å². The highest BCUT2D eigenvalue weighted by molar-refractivity contribution is 6.43. The molecule has 0 bridgehead atoms. The average molecular weight is 467 g/mol. The first-order chi connectivity index (χ1) is 15.5. The molecule has 2 heterocycles. The van der Waals surface area contributed by atoms with E-state index in [1.807, 2.05) is 0 Å². The Balaban J connectivity index is 1.35. The molecule has 0 spiro atoms. The molecule has 2 aromatic carbocycles. The molecule has 0 aliphatic heterocycles. The van der Waals surface area contributed by atoms with Gasteiger partial charge in [0.1, 0.15) is 11.5 Å². The Hall–Kier alpha value is -3.74. The molecule has 0 aliphatic carbocycles. The lowest BCUT2D eigenvalue weighted by Crippen LogP contribution is -2.11. The van der Waals surface area contributed by atoms with Crippen LogP contribution in [-0.4, -0.2) is 11.8 Å². The van der Waals surface area contributed by atoms with Crippen LogP contribution in [0.15, 0.2) is 87.9 Å². The van der Waals surface area contributed by atoms with Crippen molar-refractivity contribution in [2.45, 2.75) is 0 Å². The smallest absolute Gasteiger partial charge is 0.291 e. The number of anilines is 2. The summed E-state index contributed by atoms with van der Waals surface area (Å²) in [6.45, 7) is 0. The topological polar surface area (TPSA) is 84.5 Å². The molecule has 0 radical (unpaired) electrons. The van der Waals surface area contributed by atoms with E-state index in [0.29, 0.717) is 38.5 Å². The van der Waals surface area contributed by atoms with Crippen molar-refractivity contribution in [3.05, 3.63) is 101 Å². The summed E-state index contributed by atoms with van der Waals surface area (Å²) in [7, 11) is 0. The van der Waals surface area contributed by atoms with Crippen LogP contribution in [0, 0.1) is 0 Å². The maximum atomic E-state index is 12.2. The van der Waals surface area contributed by atoms with Gasteiger partial charge in [-0.3, -0.25) is 9.59 Å². The standard InChI is InChI=1S/C24H16Cl2N2O4/c25-19-4-1-3-18(23(19)26)20-12-10-17(32-20)11-13-22(29)27-15-6-8-16(9-7-15)28-24(30)21-5-2-14-31-21/h1-14H,(H,27,29)(H,28,30). The van der Waals surface area contributed by atoms with Gasteiger partial charge in [0, 0.05) is 23.0 Å². The van der Waals surface area contributed by atoms with E-state index in [4.69, 9.17) is 32.0 Å². The van der Waals surface area contributed by atoms with Gasteiger partial charge in [-0.15, -0.1) is 0 Å². The molecule has 0 saturated heterocycles. The third-order valence-electron chi connectivity index (χ3n) is 4.40. The van der Waals surface area contributed by atoms with Crippen molar-refractivity contribution in [1.29, 1.82) is 0 Å². The Morgan fingerprint density at radius 3 is 2.31 bits per heavy atom. The highest BCUT2D eigenvalue weighted by Gasteiger charge is 2.11. The lowest BCUT2D eigenvalue weighted by atomic mass is 10.2. The number of carbonyl (C=O) groups is 2. The van der Waals surface area contributed by atoms with Gasteiger partial charge in [0.15, 0.2) is 5.76 Å². The summed E-state index contributed by atoms with van der Waals surface area (Å²) >= 11 is 12.3. The molecule has 8 heteroatoms.